The molecule has 0 aliphatic heterocycles. The van der Waals surface area contributed by atoms with Gasteiger partial charge in [0, 0.05) is 16.9 Å². The van der Waals surface area contributed by atoms with Gasteiger partial charge in [0.25, 0.3) is 6.43 Å². The summed E-state index contributed by atoms with van der Waals surface area (Å²) in [7, 11) is 0. The van der Waals surface area contributed by atoms with Crippen LogP contribution in [0.2, 0.25) is 0 Å². The maximum Gasteiger partial charge on any atom is 0.265 e. The number of aromatic nitrogens is 1. The van der Waals surface area contributed by atoms with Gasteiger partial charge in [0.1, 0.15) is 11.8 Å². The van der Waals surface area contributed by atoms with Crippen LogP contribution in [-0.2, 0) is 0 Å². The molecule has 1 aromatic heterocycles. The van der Waals surface area contributed by atoms with Crippen molar-refractivity contribution in [3.8, 4) is 0 Å². The minimum absolute atomic E-state index is 0.130. The number of anilines is 2. The highest BCUT2D eigenvalue weighted by Gasteiger charge is 2.17. The molecule has 1 heterocycles. The van der Waals surface area contributed by atoms with E-state index >= 15 is 0 Å². The smallest absolute Gasteiger partial charge is 0.265 e. The first kappa shape index (κ1) is 13.3. The van der Waals surface area contributed by atoms with E-state index < -0.39 is 6.43 Å². The molecule has 0 spiro atoms. The predicted octanol–water partition coefficient (Wildman–Crippen LogP) is 3.68. The number of hydrogen-bond acceptors (Lipinski definition) is 4. The molecule has 1 atom stereocenters. The summed E-state index contributed by atoms with van der Waals surface area (Å²) in [5, 5.41) is 2.96. The third kappa shape index (κ3) is 3.01. The van der Waals surface area contributed by atoms with E-state index in [-0.39, 0.29) is 11.6 Å². The fourth-order valence-corrected chi connectivity index (χ4v) is 1.76. The van der Waals surface area contributed by atoms with Gasteiger partial charge in [-0.05, 0) is 32.0 Å². The molecule has 6 heteroatoms. The number of benzene rings is 1. The quantitative estimate of drug-likeness (QED) is 0.829. The molecule has 102 valence electrons. The highest BCUT2D eigenvalue weighted by molar-refractivity contribution is 5.59. The van der Waals surface area contributed by atoms with E-state index in [2.05, 4.69) is 10.3 Å². The highest BCUT2D eigenvalue weighted by atomic mass is 19.3. The molecule has 2 aromatic rings. The Kier molecular flexibility index (Phi) is 3.69. The standard InChI is InChI=1S/C13H15F2N3O/c1-7-6-17-13(19-7)8(2)18-11-4-3-9(16)5-10(11)12(14)15/h3-6,8,12,18H,16H2,1-2H3. The Labute approximate surface area is 109 Å². The highest BCUT2D eigenvalue weighted by Crippen LogP contribution is 2.31. The average Bonchev–Trinajstić information content (AvgIpc) is 2.78. The Hall–Kier alpha value is -2.11. The molecule has 2 rings (SSSR count). The van der Waals surface area contributed by atoms with E-state index in [0.717, 1.165) is 0 Å². The van der Waals surface area contributed by atoms with Crippen LogP contribution >= 0.6 is 0 Å². The summed E-state index contributed by atoms with van der Waals surface area (Å²) in [5.74, 6) is 1.13. The van der Waals surface area contributed by atoms with Crippen LogP contribution in [0.5, 0.6) is 0 Å². The monoisotopic (exact) mass is 267 g/mol. The second-order valence-corrected chi connectivity index (χ2v) is 4.32. The summed E-state index contributed by atoms with van der Waals surface area (Å²) in [6.07, 6.45) is -1.01. The minimum atomic E-state index is -2.59. The van der Waals surface area contributed by atoms with E-state index in [1.54, 1.807) is 26.1 Å². The number of rotatable bonds is 4. The van der Waals surface area contributed by atoms with Crippen LogP contribution < -0.4 is 11.1 Å². The lowest BCUT2D eigenvalue weighted by Crippen LogP contribution is -2.09. The maximum atomic E-state index is 12.9. The van der Waals surface area contributed by atoms with Gasteiger partial charge in [0.15, 0.2) is 0 Å². The minimum Gasteiger partial charge on any atom is -0.444 e. The van der Waals surface area contributed by atoms with Gasteiger partial charge in [-0.3, -0.25) is 0 Å². The molecule has 0 radical (unpaired) electrons. The van der Waals surface area contributed by atoms with Crippen LogP contribution in [-0.4, -0.2) is 4.98 Å². The van der Waals surface area contributed by atoms with Crippen molar-refractivity contribution in [3.05, 3.63) is 41.6 Å². The van der Waals surface area contributed by atoms with E-state index in [9.17, 15) is 8.78 Å². The van der Waals surface area contributed by atoms with Crippen LogP contribution in [0.25, 0.3) is 0 Å². The fraction of sp³-hybridized carbons (Fsp3) is 0.308. The Balaban J connectivity index is 2.23. The summed E-state index contributed by atoms with van der Waals surface area (Å²) in [6, 6.07) is 4.06. The van der Waals surface area contributed by atoms with Gasteiger partial charge in [0.2, 0.25) is 5.89 Å². The normalized spacial score (nSPS) is 12.7. The van der Waals surface area contributed by atoms with E-state index in [1.165, 1.54) is 12.1 Å². The largest absolute Gasteiger partial charge is 0.444 e. The van der Waals surface area contributed by atoms with Gasteiger partial charge in [-0.15, -0.1) is 0 Å². The van der Waals surface area contributed by atoms with Gasteiger partial charge < -0.3 is 15.5 Å². The number of nitrogens with two attached hydrogens (primary N) is 1. The number of aryl methyl sites for hydroxylation is 1. The molecule has 0 saturated carbocycles. The molecule has 4 nitrogen and oxygen atoms in total. The molecule has 0 fully saturated rings. The Morgan fingerprint density at radius 3 is 2.68 bits per heavy atom. The third-order valence-electron chi connectivity index (χ3n) is 2.69. The molecule has 0 aliphatic rings. The number of nitrogens with one attached hydrogen (secondary N) is 1. The van der Waals surface area contributed by atoms with E-state index in [0.29, 0.717) is 23.0 Å². The van der Waals surface area contributed by atoms with Crippen LogP contribution in [0, 0.1) is 6.92 Å². The summed E-state index contributed by atoms with van der Waals surface area (Å²) >= 11 is 0. The Morgan fingerprint density at radius 2 is 2.11 bits per heavy atom. The van der Waals surface area contributed by atoms with Crippen molar-refractivity contribution in [1.29, 1.82) is 0 Å². The molecule has 0 saturated heterocycles. The first-order valence-corrected chi connectivity index (χ1v) is 5.84. The maximum absolute atomic E-state index is 12.9. The first-order chi connectivity index (χ1) is 8.97. The van der Waals surface area contributed by atoms with Crippen LogP contribution in [0.3, 0.4) is 0 Å². The number of nitrogens with zero attached hydrogens (tertiary/aromatic N) is 1. The number of hydrogen-bond donors (Lipinski definition) is 2. The Bertz CT molecular complexity index is 569. The zero-order valence-electron chi connectivity index (χ0n) is 10.7. The van der Waals surface area contributed by atoms with Crippen molar-refractivity contribution < 1.29 is 13.2 Å². The summed E-state index contributed by atoms with van der Waals surface area (Å²) < 4.78 is 31.2. The zero-order valence-corrected chi connectivity index (χ0v) is 10.7. The SMILES string of the molecule is Cc1cnc(C(C)Nc2ccc(N)cc2C(F)F)o1. The molecule has 0 aliphatic carbocycles. The second kappa shape index (κ2) is 5.26. The van der Waals surface area contributed by atoms with Crippen LogP contribution in [0.15, 0.2) is 28.8 Å². The summed E-state index contributed by atoms with van der Waals surface area (Å²) in [6.45, 7) is 3.56. The molecule has 3 N–H and O–H groups in total. The average molecular weight is 267 g/mol. The molecule has 0 bridgehead atoms. The van der Waals surface area contributed by atoms with Crippen molar-refractivity contribution in [1.82, 2.24) is 4.98 Å². The first-order valence-electron chi connectivity index (χ1n) is 5.84. The number of alkyl halides is 2. The van der Waals surface area contributed by atoms with Crippen molar-refractivity contribution in [2.75, 3.05) is 11.1 Å². The van der Waals surface area contributed by atoms with Gasteiger partial charge in [-0.1, -0.05) is 0 Å². The molecule has 1 unspecified atom stereocenters. The lowest BCUT2D eigenvalue weighted by molar-refractivity contribution is 0.152. The number of oxazole rings is 1. The van der Waals surface area contributed by atoms with Gasteiger partial charge in [0.05, 0.1) is 6.20 Å². The van der Waals surface area contributed by atoms with Gasteiger partial charge in [-0.25, -0.2) is 13.8 Å². The van der Waals surface area contributed by atoms with Gasteiger partial charge >= 0.3 is 0 Å². The number of halogens is 2. The zero-order chi connectivity index (χ0) is 14.0. The van der Waals surface area contributed by atoms with Crippen LogP contribution in [0.1, 0.15) is 36.6 Å². The summed E-state index contributed by atoms with van der Waals surface area (Å²) in [5.41, 5.74) is 6.02. The Morgan fingerprint density at radius 1 is 1.37 bits per heavy atom. The third-order valence-corrected chi connectivity index (χ3v) is 2.69. The van der Waals surface area contributed by atoms with Crippen molar-refractivity contribution >= 4 is 11.4 Å². The molecular formula is C13H15F2N3O. The lowest BCUT2D eigenvalue weighted by atomic mass is 10.1. The lowest BCUT2D eigenvalue weighted by Gasteiger charge is -2.16. The molecule has 19 heavy (non-hydrogen) atoms. The second-order valence-electron chi connectivity index (χ2n) is 4.32. The molecule has 0 amide bonds. The van der Waals surface area contributed by atoms with E-state index in [1.807, 2.05) is 0 Å². The fourth-order valence-electron chi connectivity index (χ4n) is 1.76. The topological polar surface area (TPSA) is 64.1 Å². The predicted molar refractivity (Wildman–Crippen MR) is 69.1 cm³/mol. The van der Waals surface area contributed by atoms with Gasteiger partial charge in [-0.2, -0.15) is 0 Å². The van der Waals surface area contributed by atoms with Crippen LogP contribution in [0.4, 0.5) is 20.2 Å². The van der Waals surface area contributed by atoms with Crippen molar-refractivity contribution in [2.24, 2.45) is 0 Å². The van der Waals surface area contributed by atoms with Crippen molar-refractivity contribution in [3.63, 3.8) is 0 Å². The molecular weight excluding hydrogens is 252 g/mol. The number of nitrogen functional groups attached to an aromatic ring is 1. The molecule has 1 aromatic carbocycles. The summed E-state index contributed by atoms with van der Waals surface area (Å²) in [4.78, 5) is 4.06. The van der Waals surface area contributed by atoms with Crippen molar-refractivity contribution in [2.45, 2.75) is 26.3 Å². The van der Waals surface area contributed by atoms with E-state index in [4.69, 9.17) is 10.2 Å².